The molecule has 0 fully saturated rings. The molecular weight excluding hydrogens is 261 g/mol. The number of benzene rings is 1. The zero-order valence-corrected chi connectivity index (χ0v) is 11.6. The van der Waals surface area contributed by atoms with Crippen molar-refractivity contribution in [2.24, 2.45) is 0 Å². The lowest BCUT2D eigenvalue weighted by Gasteiger charge is -2.09. The van der Waals surface area contributed by atoms with Gasteiger partial charge in [0.05, 0.1) is 6.61 Å². The van der Waals surface area contributed by atoms with Crippen LogP contribution >= 0.6 is 0 Å². The molecule has 0 atom stereocenters. The highest BCUT2D eigenvalue weighted by Crippen LogP contribution is 2.22. The number of halogens is 1. The first-order valence-electron chi connectivity index (χ1n) is 6.24. The van der Waals surface area contributed by atoms with Gasteiger partial charge in [-0.05, 0) is 44.5 Å². The van der Waals surface area contributed by atoms with Crippen molar-refractivity contribution in [3.05, 3.63) is 41.1 Å². The van der Waals surface area contributed by atoms with Gasteiger partial charge in [0.2, 0.25) is 0 Å². The maximum absolute atomic E-state index is 13.3. The second-order valence-electron chi connectivity index (χ2n) is 4.38. The number of carbonyl (C=O) groups excluding carboxylic acids is 1. The van der Waals surface area contributed by atoms with Crippen LogP contribution in [0.3, 0.4) is 0 Å². The zero-order valence-electron chi connectivity index (χ0n) is 11.6. The Morgan fingerprint density at radius 1 is 1.45 bits per heavy atom. The molecule has 1 aromatic carbocycles. The molecule has 2 rings (SSSR count). The lowest BCUT2D eigenvalue weighted by molar-refractivity contribution is 0.0521. The molecule has 6 heteroatoms. The number of carbonyl (C=O) groups is 1. The van der Waals surface area contributed by atoms with Crippen molar-refractivity contribution in [2.45, 2.75) is 20.8 Å². The highest BCUT2D eigenvalue weighted by atomic mass is 19.1. The van der Waals surface area contributed by atoms with Crippen molar-refractivity contribution in [1.29, 1.82) is 0 Å². The van der Waals surface area contributed by atoms with Crippen LogP contribution in [0.4, 0.5) is 10.2 Å². The maximum atomic E-state index is 13.3. The normalized spacial score (nSPS) is 10.6. The number of hydrogen-bond acceptors (Lipinski definition) is 4. The van der Waals surface area contributed by atoms with Crippen LogP contribution in [0.15, 0.2) is 18.2 Å². The fourth-order valence-electron chi connectivity index (χ4n) is 1.99. The molecule has 106 valence electrons. The van der Waals surface area contributed by atoms with E-state index in [1.54, 1.807) is 37.5 Å². The summed E-state index contributed by atoms with van der Waals surface area (Å²) in [4.78, 5) is 15.9. The van der Waals surface area contributed by atoms with Gasteiger partial charge in [-0.15, -0.1) is 0 Å². The first-order chi connectivity index (χ1) is 9.45. The number of imidazole rings is 1. The number of nitrogens with two attached hydrogens (primary N) is 1. The number of rotatable bonds is 3. The van der Waals surface area contributed by atoms with Crippen LogP contribution in [0.25, 0.3) is 5.69 Å². The lowest BCUT2D eigenvalue weighted by Crippen LogP contribution is -2.09. The third kappa shape index (κ3) is 2.36. The minimum absolute atomic E-state index is 0.0753. The van der Waals surface area contributed by atoms with E-state index in [4.69, 9.17) is 10.5 Å². The molecule has 0 aliphatic rings. The van der Waals surface area contributed by atoms with Gasteiger partial charge in [-0.2, -0.15) is 0 Å². The Morgan fingerprint density at radius 2 is 2.15 bits per heavy atom. The van der Waals surface area contributed by atoms with Gasteiger partial charge in [-0.3, -0.25) is 4.57 Å². The first kappa shape index (κ1) is 14.0. The molecule has 1 heterocycles. The number of esters is 1. The van der Waals surface area contributed by atoms with Gasteiger partial charge in [-0.25, -0.2) is 14.2 Å². The number of hydrogen-bond donors (Lipinski definition) is 1. The lowest BCUT2D eigenvalue weighted by atomic mass is 10.2. The largest absolute Gasteiger partial charge is 0.461 e. The Kier molecular flexibility index (Phi) is 3.74. The van der Waals surface area contributed by atoms with Gasteiger partial charge >= 0.3 is 5.97 Å². The maximum Gasteiger partial charge on any atom is 0.360 e. The summed E-state index contributed by atoms with van der Waals surface area (Å²) in [5.41, 5.74) is 7.18. The summed E-state index contributed by atoms with van der Waals surface area (Å²) in [7, 11) is 0. The quantitative estimate of drug-likeness (QED) is 0.874. The van der Waals surface area contributed by atoms with E-state index in [0.29, 0.717) is 17.1 Å². The standard InChI is InChI=1S/C14H16FN3O2/c1-4-20-14(19)12-13(16)18(9(3)17-12)10-5-6-11(15)8(2)7-10/h5-7H,4,16H2,1-3H3. The molecule has 0 aliphatic heterocycles. The summed E-state index contributed by atoms with van der Waals surface area (Å²) in [6.45, 7) is 5.34. The fraction of sp³-hybridized carbons (Fsp3) is 0.286. The summed E-state index contributed by atoms with van der Waals surface area (Å²) in [5.74, 6) is -0.134. The van der Waals surface area contributed by atoms with Crippen molar-refractivity contribution in [3.63, 3.8) is 0 Å². The van der Waals surface area contributed by atoms with Crippen molar-refractivity contribution in [3.8, 4) is 5.69 Å². The monoisotopic (exact) mass is 277 g/mol. The molecule has 0 saturated heterocycles. The predicted molar refractivity (Wildman–Crippen MR) is 73.4 cm³/mol. The van der Waals surface area contributed by atoms with E-state index < -0.39 is 5.97 Å². The Morgan fingerprint density at radius 3 is 2.75 bits per heavy atom. The molecule has 0 aliphatic carbocycles. The van der Waals surface area contributed by atoms with E-state index in [1.165, 1.54) is 6.07 Å². The third-order valence-corrected chi connectivity index (χ3v) is 2.95. The number of aryl methyl sites for hydroxylation is 2. The Labute approximate surface area is 116 Å². The second-order valence-corrected chi connectivity index (χ2v) is 4.38. The molecule has 5 nitrogen and oxygen atoms in total. The van der Waals surface area contributed by atoms with Gasteiger partial charge in [0.1, 0.15) is 17.5 Å². The van der Waals surface area contributed by atoms with Gasteiger partial charge < -0.3 is 10.5 Å². The van der Waals surface area contributed by atoms with Crippen LogP contribution in [-0.2, 0) is 4.74 Å². The van der Waals surface area contributed by atoms with E-state index in [2.05, 4.69) is 4.98 Å². The van der Waals surface area contributed by atoms with Crippen LogP contribution in [0, 0.1) is 19.7 Å². The topological polar surface area (TPSA) is 70.1 Å². The number of aromatic nitrogens is 2. The van der Waals surface area contributed by atoms with Crippen LogP contribution in [0.1, 0.15) is 28.8 Å². The molecular formula is C14H16FN3O2. The van der Waals surface area contributed by atoms with Crippen LogP contribution in [0.2, 0.25) is 0 Å². The summed E-state index contributed by atoms with van der Waals surface area (Å²) in [6, 6.07) is 4.59. The Bertz CT molecular complexity index is 665. The highest BCUT2D eigenvalue weighted by molar-refractivity contribution is 5.92. The first-order valence-corrected chi connectivity index (χ1v) is 6.24. The van der Waals surface area contributed by atoms with Crippen LogP contribution < -0.4 is 5.73 Å². The SMILES string of the molecule is CCOC(=O)c1nc(C)n(-c2ccc(F)c(C)c2)c1N. The number of anilines is 1. The Hall–Kier alpha value is -2.37. The average molecular weight is 277 g/mol. The second kappa shape index (κ2) is 5.32. The molecule has 0 bridgehead atoms. The van der Waals surface area contributed by atoms with Crippen LogP contribution in [0.5, 0.6) is 0 Å². The van der Waals surface area contributed by atoms with E-state index in [1.807, 2.05) is 0 Å². The molecule has 2 aromatic rings. The summed E-state index contributed by atoms with van der Waals surface area (Å²) >= 11 is 0. The minimum atomic E-state index is -0.564. The summed E-state index contributed by atoms with van der Waals surface area (Å²) in [5, 5.41) is 0. The number of nitrogen functional groups attached to an aromatic ring is 1. The predicted octanol–water partition coefficient (Wildman–Crippen LogP) is 2.39. The smallest absolute Gasteiger partial charge is 0.360 e. The molecule has 0 spiro atoms. The van der Waals surface area contributed by atoms with Gasteiger partial charge in [-0.1, -0.05) is 0 Å². The van der Waals surface area contributed by atoms with Gasteiger partial charge in [0, 0.05) is 5.69 Å². The van der Waals surface area contributed by atoms with E-state index in [0.717, 1.165) is 0 Å². The number of nitrogens with zero attached hydrogens (tertiary/aromatic N) is 2. The molecule has 20 heavy (non-hydrogen) atoms. The van der Waals surface area contributed by atoms with E-state index in [9.17, 15) is 9.18 Å². The Balaban J connectivity index is 2.52. The van der Waals surface area contributed by atoms with Crippen molar-refractivity contribution >= 4 is 11.8 Å². The molecule has 1 aromatic heterocycles. The zero-order chi connectivity index (χ0) is 14.9. The van der Waals surface area contributed by atoms with Crippen molar-refractivity contribution in [1.82, 2.24) is 9.55 Å². The average Bonchev–Trinajstić information content (AvgIpc) is 2.69. The van der Waals surface area contributed by atoms with Crippen LogP contribution in [-0.4, -0.2) is 22.1 Å². The van der Waals surface area contributed by atoms with Crippen molar-refractivity contribution in [2.75, 3.05) is 12.3 Å². The van der Waals surface area contributed by atoms with E-state index >= 15 is 0 Å². The molecule has 0 saturated carbocycles. The molecule has 2 N–H and O–H groups in total. The summed E-state index contributed by atoms with van der Waals surface area (Å²) in [6.07, 6.45) is 0. The van der Waals surface area contributed by atoms with Gasteiger partial charge in [0.15, 0.2) is 5.69 Å². The fourth-order valence-corrected chi connectivity index (χ4v) is 1.99. The van der Waals surface area contributed by atoms with Crippen molar-refractivity contribution < 1.29 is 13.9 Å². The van der Waals surface area contributed by atoms with Gasteiger partial charge in [0.25, 0.3) is 0 Å². The molecule has 0 radical (unpaired) electrons. The third-order valence-electron chi connectivity index (χ3n) is 2.95. The molecule has 0 amide bonds. The highest BCUT2D eigenvalue weighted by Gasteiger charge is 2.20. The molecule has 0 unspecified atom stereocenters. The summed E-state index contributed by atoms with van der Waals surface area (Å²) < 4.78 is 19.8. The minimum Gasteiger partial charge on any atom is -0.461 e. The number of ether oxygens (including phenoxy) is 1. The van der Waals surface area contributed by atoms with E-state index in [-0.39, 0.29) is 23.9 Å².